The van der Waals surface area contributed by atoms with Crippen LogP contribution in [0.25, 0.3) is 11.0 Å². The minimum Gasteiger partial charge on any atom is -0.336 e. The molecule has 0 saturated carbocycles. The molecule has 0 aliphatic carbocycles. The molecule has 0 N–H and O–H groups in total. The summed E-state index contributed by atoms with van der Waals surface area (Å²) < 4.78 is 2.08. The van der Waals surface area contributed by atoms with E-state index in [0.717, 1.165) is 12.1 Å². The predicted molar refractivity (Wildman–Crippen MR) is 68.8 cm³/mol. The summed E-state index contributed by atoms with van der Waals surface area (Å²) in [5, 5.41) is 1.24. The lowest BCUT2D eigenvalue weighted by atomic mass is 9.85. The van der Waals surface area contributed by atoms with Gasteiger partial charge in [-0.2, -0.15) is 0 Å². The largest absolute Gasteiger partial charge is 0.336 e. The Hall–Kier alpha value is -1.31. The Labute approximate surface area is 97.3 Å². The Morgan fingerprint density at radius 2 is 2.00 bits per heavy atom. The van der Waals surface area contributed by atoms with Crippen molar-refractivity contribution in [3.63, 3.8) is 0 Å². The summed E-state index contributed by atoms with van der Waals surface area (Å²) in [6.07, 6.45) is 3.07. The second kappa shape index (κ2) is 3.62. The fourth-order valence-electron chi connectivity index (χ4n) is 2.14. The van der Waals surface area contributed by atoms with Crippen molar-refractivity contribution in [1.82, 2.24) is 9.55 Å². The van der Waals surface area contributed by atoms with Gasteiger partial charge in [-0.25, -0.2) is 4.98 Å². The van der Waals surface area contributed by atoms with E-state index in [4.69, 9.17) is 4.98 Å². The Morgan fingerprint density at radius 1 is 1.31 bits per heavy atom. The van der Waals surface area contributed by atoms with Gasteiger partial charge in [-0.1, -0.05) is 27.7 Å². The van der Waals surface area contributed by atoms with Crippen molar-refractivity contribution in [2.45, 2.75) is 39.5 Å². The van der Waals surface area contributed by atoms with E-state index in [0.29, 0.717) is 0 Å². The summed E-state index contributed by atoms with van der Waals surface area (Å²) >= 11 is 0. The number of fused-ring (bicyclic) bond motifs is 1. The van der Waals surface area contributed by atoms with Gasteiger partial charge in [0.15, 0.2) is 0 Å². The van der Waals surface area contributed by atoms with Crippen LogP contribution < -0.4 is 0 Å². The quantitative estimate of drug-likeness (QED) is 0.714. The molecule has 2 heteroatoms. The third-order valence-electron chi connectivity index (χ3n) is 3.06. The first-order chi connectivity index (χ1) is 7.43. The third kappa shape index (κ3) is 1.73. The number of hydrogen-bond donors (Lipinski definition) is 0. The molecule has 86 valence electrons. The van der Waals surface area contributed by atoms with Crippen molar-refractivity contribution in [3.8, 4) is 0 Å². The number of rotatable bonds is 1. The Bertz CT molecular complexity index is 515. The average Bonchev–Trinajstić information content (AvgIpc) is 2.57. The van der Waals surface area contributed by atoms with Gasteiger partial charge in [-0.15, -0.1) is 0 Å². The van der Waals surface area contributed by atoms with Crippen molar-refractivity contribution in [2.75, 3.05) is 0 Å². The van der Waals surface area contributed by atoms with Crippen LogP contribution in [-0.4, -0.2) is 9.55 Å². The van der Waals surface area contributed by atoms with E-state index in [9.17, 15) is 0 Å². The third-order valence-corrected chi connectivity index (χ3v) is 3.06. The molecule has 0 aliphatic rings. The molecule has 0 fully saturated rings. The molecule has 2 aromatic rings. The molecular formula is C14H20N2. The van der Waals surface area contributed by atoms with E-state index in [1.165, 1.54) is 16.6 Å². The summed E-state index contributed by atoms with van der Waals surface area (Å²) in [4.78, 5) is 4.78. The van der Waals surface area contributed by atoms with E-state index < -0.39 is 0 Å². The monoisotopic (exact) mass is 216 g/mol. The molecule has 2 heterocycles. The lowest BCUT2D eigenvalue weighted by molar-refractivity contribution is 0.580. The lowest BCUT2D eigenvalue weighted by Crippen LogP contribution is -2.15. The van der Waals surface area contributed by atoms with Gasteiger partial charge in [0.25, 0.3) is 0 Å². The van der Waals surface area contributed by atoms with Crippen LogP contribution >= 0.6 is 0 Å². The zero-order valence-electron chi connectivity index (χ0n) is 10.8. The highest BCUT2D eigenvalue weighted by Gasteiger charge is 2.19. The summed E-state index contributed by atoms with van der Waals surface area (Å²) in [5.41, 5.74) is 3.85. The van der Waals surface area contributed by atoms with E-state index in [1.54, 1.807) is 0 Å². The van der Waals surface area contributed by atoms with Gasteiger partial charge in [0.1, 0.15) is 5.65 Å². The number of hydrogen-bond acceptors (Lipinski definition) is 1. The molecule has 0 spiro atoms. The van der Waals surface area contributed by atoms with Gasteiger partial charge in [-0.05, 0) is 29.5 Å². The average molecular weight is 216 g/mol. The Morgan fingerprint density at radius 3 is 2.56 bits per heavy atom. The molecule has 0 aromatic carbocycles. The first-order valence-corrected chi connectivity index (χ1v) is 5.89. The van der Waals surface area contributed by atoms with Crippen molar-refractivity contribution in [3.05, 3.63) is 29.6 Å². The summed E-state index contributed by atoms with van der Waals surface area (Å²) in [6.45, 7) is 8.92. The van der Waals surface area contributed by atoms with Crippen LogP contribution in [0.3, 0.4) is 0 Å². The second-order valence-corrected chi connectivity index (χ2v) is 5.43. The van der Waals surface area contributed by atoms with Crippen molar-refractivity contribution < 1.29 is 0 Å². The summed E-state index contributed by atoms with van der Waals surface area (Å²) in [6, 6.07) is 4.43. The number of aromatic nitrogens is 2. The van der Waals surface area contributed by atoms with Crippen LogP contribution in [0.1, 0.15) is 39.0 Å². The molecule has 2 nitrogen and oxygen atoms in total. The molecule has 0 bridgehead atoms. The Balaban J connectivity index is 2.74. The Kier molecular flexibility index (Phi) is 2.53. The molecule has 0 atom stereocenters. The normalized spacial score (nSPS) is 12.3. The van der Waals surface area contributed by atoms with Crippen molar-refractivity contribution in [2.24, 2.45) is 7.05 Å². The number of nitrogens with zero attached hydrogens (tertiary/aromatic N) is 2. The van der Waals surface area contributed by atoms with Crippen LogP contribution in [0, 0.1) is 0 Å². The minimum absolute atomic E-state index is 0.169. The first kappa shape index (κ1) is 11.2. The van der Waals surface area contributed by atoms with Crippen LogP contribution in [-0.2, 0) is 18.9 Å². The molecule has 0 amide bonds. The van der Waals surface area contributed by atoms with Gasteiger partial charge in [-0.3, -0.25) is 0 Å². The maximum atomic E-state index is 4.78. The fraction of sp³-hybridized carbons (Fsp3) is 0.500. The number of pyridine rings is 1. The van der Waals surface area contributed by atoms with E-state index in [1.807, 2.05) is 7.05 Å². The second-order valence-electron chi connectivity index (χ2n) is 5.43. The zero-order chi connectivity index (χ0) is 11.9. The summed E-state index contributed by atoms with van der Waals surface area (Å²) in [5.74, 6) is 0. The highest BCUT2D eigenvalue weighted by Crippen LogP contribution is 2.28. The van der Waals surface area contributed by atoms with Crippen molar-refractivity contribution >= 4 is 11.0 Å². The molecule has 0 aliphatic heterocycles. The molecule has 16 heavy (non-hydrogen) atoms. The SMILES string of the molecule is CCc1nc2c(ccn2C)cc1C(C)(C)C. The van der Waals surface area contributed by atoms with Crippen molar-refractivity contribution in [1.29, 1.82) is 0 Å². The molecule has 2 aromatic heterocycles. The predicted octanol–water partition coefficient (Wildman–Crippen LogP) is 3.43. The summed E-state index contributed by atoms with van der Waals surface area (Å²) in [7, 11) is 2.05. The minimum atomic E-state index is 0.169. The van der Waals surface area contributed by atoms with Gasteiger partial charge in [0, 0.05) is 24.3 Å². The van der Waals surface area contributed by atoms with E-state index in [2.05, 4.69) is 50.6 Å². The van der Waals surface area contributed by atoms with Crippen LogP contribution in [0.15, 0.2) is 18.3 Å². The van der Waals surface area contributed by atoms with Crippen LogP contribution in [0.5, 0.6) is 0 Å². The standard InChI is InChI=1S/C14H20N2/c1-6-12-11(14(2,3)4)9-10-7-8-16(5)13(10)15-12/h7-9H,6H2,1-5H3. The maximum absolute atomic E-state index is 4.78. The zero-order valence-corrected chi connectivity index (χ0v) is 10.8. The lowest BCUT2D eigenvalue weighted by Gasteiger charge is -2.22. The maximum Gasteiger partial charge on any atom is 0.139 e. The molecular weight excluding hydrogens is 196 g/mol. The molecule has 0 saturated heterocycles. The molecule has 0 radical (unpaired) electrons. The topological polar surface area (TPSA) is 17.8 Å². The fourth-order valence-corrected chi connectivity index (χ4v) is 2.14. The van der Waals surface area contributed by atoms with E-state index in [-0.39, 0.29) is 5.41 Å². The first-order valence-electron chi connectivity index (χ1n) is 5.89. The highest BCUT2D eigenvalue weighted by atomic mass is 15.0. The number of aryl methyl sites for hydroxylation is 2. The van der Waals surface area contributed by atoms with Gasteiger partial charge in [0.2, 0.25) is 0 Å². The van der Waals surface area contributed by atoms with Crippen LogP contribution in [0.4, 0.5) is 0 Å². The van der Waals surface area contributed by atoms with E-state index >= 15 is 0 Å². The van der Waals surface area contributed by atoms with Gasteiger partial charge < -0.3 is 4.57 Å². The molecule has 2 rings (SSSR count). The highest BCUT2D eigenvalue weighted by molar-refractivity contribution is 5.77. The van der Waals surface area contributed by atoms with Gasteiger partial charge in [0.05, 0.1) is 0 Å². The van der Waals surface area contributed by atoms with Gasteiger partial charge >= 0.3 is 0 Å². The smallest absolute Gasteiger partial charge is 0.139 e. The van der Waals surface area contributed by atoms with Crippen LogP contribution in [0.2, 0.25) is 0 Å². The molecule has 0 unspecified atom stereocenters.